The van der Waals surface area contributed by atoms with Crippen molar-refractivity contribution in [3.63, 3.8) is 0 Å². The van der Waals surface area contributed by atoms with Gasteiger partial charge in [0.2, 0.25) is 0 Å². The standard InChI is InChI=1S/C29H58N2/c1-5-7-9-11-13-14-15-16-17-19-21-23-25-30-26-27-31(28(3)4)29(30)24-22-20-18-12-10-8-6-2/h26-29H,5-25H2,1-4H3. The van der Waals surface area contributed by atoms with Crippen LogP contribution in [0.25, 0.3) is 0 Å². The second-order valence-electron chi connectivity index (χ2n) is 10.4. The van der Waals surface area contributed by atoms with Crippen LogP contribution in [-0.4, -0.2) is 28.6 Å². The SMILES string of the molecule is CCCCCCCCCCCCCCN1C=CN(C(C)C)C1CCCCCCCCC. The molecule has 0 spiro atoms. The zero-order valence-electron chi connectivity index (χ0n) is 22.1. The van der Waals surface area contributed by atoms with Crippen LogP contribution in [0.15, 0.2) is 12.4 Å². The van der Waals surface area contributed by atoms with E-state index < -0.39 is 0 Å². The minimum absolute atomic E-state index is 0.609. The van der Waals surface area contributed by atoms with Crippen molar-refractivity contribution in [1.29, 1.82) is 0 Å². The van der Waals surface area contributed by atoms with Gasteiger partial charge in [0.15, 0.2) is 0 Å². The number of nitrogens with zero attached hydrogens (tertiary/aromatic N) is 2. The van der Waals surface area contributed by atoms with Gasteiger partial charge in [-0.05, 0) is 33.1 Å². The van der Waals surface area contributed by atoms with Crippen molar-refractivity contribution in [2.75, 3.05) is 6.54 Å². The van der Waals surface area contributed by atoms with E-state index >= 15 is 0 Å². The van der Waals surface area contributed by atoms with Gasteiger partial charge in [0, 0.05) is 25.0 Å². The van der Waals surface area contributed by atoms with Crippen LogP contribution in [0.3, 0.4) is 0 Å². The molecule has 1 aliphatic rings. The first kappa shape index (κ1) is 28.4. The van der Waals surface area contributed by atoms with Gasteiger partial charge < -0.3 is 9.80 Å². The maximum Gasteiger partial charge on any atom is 0.101 e. The predicted molar refractivity (Wildman–Crippen MR) is 140 cm³/mol. The maximum absolute atomic E-state index is 2.65. The van der Waals surface area contributed by atoms with Crippen LogP contribution in [0, 0.1) is 0 Å². The Morgan fingerprint density at radius 3 is 1.42 bits per heavy atom. The zero-order valence-corrected chi connectivity index (χ0v) is 22.1. The summed E-state index contributed by atoms with van der Waals surface area (Å²) >= 11 is 0. The van der Waals surface area contributed by atoms with E-state index in [9.17, 15) is 0 Å². The summed E-state index contributed by atoms with van der Waals surface area (Å²) in [5.74, 6) is 0. The van der Waals surface area contributed by atoms with Crippen molar-refractivity contribution < 1.29 is 0 Å². The first-order valence-corrected chi connectivity index (χ1v) is 14.4. The minimum Gasteiger partial charge on any atom is -0.356 e. The minimum atomic E-state index is 0.609. The third kappa shape index (κ3) is 14.2. The van der Waals surface area contributed by atoms with Crippen LogP contribution in [0.2, 0.25) is 0 Å². The van der Waals surface area contributed by atoms with Crippen LogP contribution in [0.4, 0.5) is 0 Å². The van der Waals surface area contributed by atoms with Crippen molar-refractivity contribution in [1.82, 2.24) is 9.80 Å². The Hall–Kier alpha value is -0.660. The van der Waals surface area contributed by atoms with Gasteiger partial charge >= 0.3 is 0 Å². The highest BCUT2D eigenvalue weighted by Crippen LogP contribution is 2.25. The summed E-state index contributed by atoms with van der Waals surface area (Å²) in [6.45, 7) is 10.5. The van der Waals surface area contributed by atoms with Crippen LogP contribution >= 0.6 is 0 Å². The molecule has 1 aliphatic heterocycles. The number of hydrogen-bond acceptors (Lipinski definition) is 2. The Morgan fingerprint density at radius 1 is 0.548 bits per heavy atom. The van der Waals surface area contributed by atoms with Gasteiger partial charge in [-0.1, -0.05) is 123 Å². The molecular formula is C29H58N2. The van der Waals surface area contributed by atoms with Crippen molar-refractivity contribution in [2.45, 2.75) is 168 Å². The summed E-state index contributed by atoms with van der Waals surface area (Å²) in [4.78, 5) is 5.24. The summed E-state index contributed by atoms with van der Waals surface area (Å²) in [5, 5.41) is 0. The van der Waals surface area contributed by atoms with Gasteiger partial charge in [0.05, 0.1) is 0 Å². The van der Waals surface area contributed by atoms with Crippen molar-refractivity contribution in [3.8, 4) is 0 Å². The van der Waals surface area contributed by atoms with Gasteiger partial charge in [0.1, 0.15) is 6.17 Å². The topological polar surface area (TPSA) is 6.48 Å². The molecule has 0 bridgehead atoms. The van der Waals surface area contributed by atoms with E-state index in [1.807, 2.05) is 0 Å². The monoisotopic (exact) mass is 434 g/mol. The lowest BCUT2D eigenvalue weighted by Crippen LogP contribution is -2.42. The highest BCUT2D eigenvalue weighted by Gasteiger charge is 2.26. The largest absolute Gasteiger partial charge is 0.356 e. The fourth-order valence-electron chi connectivity index (χ4n) is 5.01. The quantitative estimate of drug-likeness (QED) is 0.156. The fraction of sp³-hybridized carbons (Fsp3) is 0.931. The summed E-state index contributed by atoms with van der Waals surface area (Å²) in [7, 11) is 0. The Kier molecular flexibility index (Phi) is 18.3. The molecule has 1 rings (SSSR count). The molecule has 0 saturated carbocycles. The number of hydrogen-bond donors (Lipinski definition) is 0. The smallest absolute Gasteiger partial charge is 0.101 e. The Bertz CT molecular complexity index is 404. The van der Waals surface area contributed by atoms with Crippen molar-refractivity contribution >= 4 is 0 Å². The molecule has 1 heterocycles. The van der Waals surface area contributed by atoms with Crippen molar-refractivity contribution in [2.24, 2.45) is 0 Å². The van der Waals surface area contributed by atoms with E-state index in [0.29, 0.717) is 12.2 Å². The molecule has 1 unspecified atom stereocenters. The maximum atomic E-state index is 2.65. The van der Waals surface area contributed by atoms with E-state index in [2.05, 4.69) is 49.9 Å². The summed E-state index contributed by atoms with van der Waals surface area (Å²) < 4.78 is 0. The zero-order chi connectivity index (χ0) is 22.6. The molecule has 0 radical (unpaired) electrons. The van der Waals surface area contributed by atoms with Crippen LogP contribution in [0.1, 0.15) is 156 Å². The predicted octanol–water partition coefficient (Wildman–Crippen LogP) is 9.65. The second kappa shape index (κ2) is 20.0. The molecule has 184 valence electrons. The second-order valence-corrected chi connectivity index (χ2v) is 10.4. The lowest BCUT2D eigenvalue weighted by molar-refractivity contribution is 0.114. The summed E-state index contributed by atoms with van der Waals surface area (Å²) in [5.41, 5.74) is 0. The normalized spacial score (nSPS) is 16.2. The third-order valence-electron chi connectivity index (χ3n) is 7.09. The average molecular weight is 435 g/mol. The van der Waals surface area contributed by atoms with E-state index in [0.717, 1.165) is 0 Å². The molecule has 0 aliphatic carbocycles. The van der Waals surface area contributed by atoms with Crippen LogP contribution in [-0.2, 0) is 0 Å². The molecule has 0 aromatic carbocycles. The van der Waals surface area contributed by atoms with E-state index in [1.165, 1.54) is 135 Å². The highest BCUT2D eigenvalue weighted by molar-refractivity contribution is 4.98. The van der Waals surface area contributed by atoms with Crippen molar-refractivity contribution in [3.05, 3.63) is 12.4 Å². The van der Waals surface area contributed by atoms with Gasteiger partial charge in [-0.25, -0.2) is 0 Å². The first-order valence-electron chi connectivity index (χ1n) is 14.4. The summed E-state index contributed by atoms with van der Waals surface area (Å²) in [6, 6.07) is 0.609. The van der Waals surface area contributed by atoms with Gasteiger partial charge in [-0.2, -0.15) is 0 Å². The number of rotatable bonds is 22. The molecule has 2 nitrogen and oxygen atoms in total. The van der Waals surface area contributed by atoms with E-state index in [1.54, 1.807) is 0 Å². The first-order chi connectivity index (χ1) is 15.2. The number of unbranched alkanes of at least 4 members (excludes halogenated alkanes) is 17. The van der Waals surface area contributed by atoms with E-state index in [4.69, 9.17) is 0 Å². The Labute approximate surface area is 197 Å². The molecule has 0 fully saturated rings. The lowest BCUT2D eigenvalue weighted by atomic mass is 10.0. The average Bonchev–Trinajstić information content (AvgIpc) is 3.17. The van der Waals surface area contributed by atoms with Gasteiger partial charge in [0.25, 0.3) is 0 Å². The molecule has 0 aromatic rings. The van der Waals surface area contributed by atoms with Gasteiger partial charge in [-0.3, -0.25) is 0 Å². The molecular weight excluding hydrogens is 376 g/mol. The van der Waals surface area contributed by atoms with Crippen LogP contribution in [0.5, 0.6) is 0 Å². The van der Waals surface area contributed by atoms with Gasteiger partial charge in [-0.15, -0.1) is 0 Å². The highest BCUT2D eigenvalue weighted by atomic mass is 15.4. The van der Waals surface area contributed by atoms with E-state index in [-0.39, 0.29) is 0 Å². The molecule has 0 aromatic heterocycles. The molecule has 0 amide bonds. The lowest BCUT2D eigenvalue weighted by Gasteiger charge is -2.35. The summed E-state index contributed by atoms with van der Waals surface area (Å²) in [6.07, 6.45) is 33.8. The molecule has 0 saturated heterocycles. The fourth-order valence-corrected chi connectivity index (χ4v) is 5.01. The Balaban J connectivity index is 2.08. The molecule has 0 N–H and O–H groups in total. The van der Waals surface area contributed by atoms with Crippen LogP contribution < -0.4 is 0 Å². The molecule has 31 heavy (non-hydrogen) atoms. The Morgan fingerprint density at radius 2 is 0.968 bits per heavy atom. The third-order valence-corrected chi connectivity index (χ3v) is 7.09. The molecule has 1 atom stereocenters. The molecule has 2 heteroatoms.